The van der Waals surface area contributed by atoms with Gasteiger partial charge in [0.2, 0.25) is 0 Å². The molecule has 2 aromatic heterocycles. The molecular formula is C21H19N3. The van der Waals surface area contributed by atoms with Gasteiger partial charge in [0.15, 0.2) is 0 Å². The highest BCUT2D eigenvalue weighted by atomic mass is 15.3. The number of pyridine rings is 1. The van der Waals surface area contributed by atoms with Gasteiger partial charge in [-0.2, -0.15) is 5.10 Å². The third-order valence-corrected chi connectivity index (χ3v) is 4.39. The summed E-state index contributed by atoms with van der Waals surface area (Å²) >= 11 is 0. The lowest BCUT2D eigenvalue weighted by Gasteiger charge is -2.11. The molecule has 0 saturated heterocycles. The van der Waals surface area contributed by atoms with Gasteiger partial charge in [0, 0.05) is 23.3 Å². The van der Waals surface area contributed by atoms with Gasteiger partial charge in [-0.25, -0.2) is 4.68 Å². The molecule has 0 amide bonds. The zero-order chi connectivity index (χ0) is 16.7. The zero-order valence-electron chi connectivity index (χ0n) is 14.1. The molecule has 3 heteroatoms. The van der Waals surface area contributed by atoms with Crippen molar-refractivity contribution in [3.8, 4) is 16.9 Å². The molecule has 0 aliphatic heterocycles. The maximum atomic E-state index is 4.60. The summed E-state index contributed by atoms with van der Waals surface area (Å²) in [5, 5.41) is 6.94. The second kappa shape index (κ2) is 5.60. The van der Waals surface area contributed by atoms with Gasteiger partial charge in [-0.3, -0.25) is 4.98 Å². The second-order valence-corrected chi connectivity index (χ2v) is 6.30. The van der Waals surface area contributed by atoms with Crippen LogP contribution in [-0.4, -0.2) is 14.8 Å². The molecule has 4 aromatic rings. The highest BCUT2D eigenvalue weighted by molar-refractivity contribution is 5.94. The van der Waals surface area contributed by atoms with Crippen molar-refractivity contribution in [2.45, 2.75) is 20.8 Å². The van der Waals surface area contributed by atoms with Crippen molar-refractivity contribution < 1.29 is 0 Å². The van der Waals surface area contributed by atoms with Gasteiger partial charge in [-0.15, -0.1) is 0 Å². The lowest BCUT2D eigenvalue weighted by atomic mass is 10.0. The summed E-state index contributed by atoms with van der Waals surface area (Å²) in [5.74, 6) is 0. The third-order valence-electron chi connectivity index (χ3n) is 4.39. The van der Waals surface area contributed by atoms with Gasteiger partial charge in [-0.05, 0) is 43.4 Å². The molecule has 0 fully saturated rings. The molecular weight excluding hydrogens is 294 g/mol. The van der Waals surface area contributed by atoms with Gasteiger partial charge in [0.25, 0.3) is 0 Å². The van der Waals surface area contributed by atoms with E-state index in [-0.39, 0.29) is 0 Å². The van der Waals surface area contributed by atoms with Crippen molar-refractivity contribution in [3.05, 3.63) is 77.7 Å². The van der Waals surface area contributed by atoms with Crippen LogP contribution in [-0.2, 0) is 0 Å². The molecule has 0 atom stereocenters. The number of aryl methyl sites for hydroxylation is 3. The van der Waals surface area contributed by atoms with Gasteiger partial charge in [-0.1, -0.05) is 42.0 Å². The first-order valence-electron chi connectivity index (χ1n) is 8.10. The van der Waals surface area contributed by atoms with E-state index in [1.165, 1.54) is 22.1 Å². The molecule has 118 valence electrons. The van der Waals surface area contributed by atoms with Crippen molar-refractivity contribution in [1.29, 1.82) is 0 Å². The van der Waals surface area contributed by atoms with E-state index < -0.39 is 0 Å². The standard InChI is InChI=1S/C21H19N3/c1-14-10-15(2)21(16(3)11-14)24-13-18(12-23-24)20-19-7-5-4-6-17(19)8-9-22-20/h4-13H,1-3H3. The number of fused-ring (bicyclic) bond motifs is 1. The first kappa shape index (κ1) is 14.6. The van der Waals surface area contributed by atoms with E-state index in [9.17, 15) is 0 Å². The summed E-state index contributed by atoms with van der Waals surface area (Å²) in [6.07, 6.45) is 5.82. The van der Waals surface area contributed by atoms with Crippen molar-refractivity contribution in [1.82, 2.24) is 14.8 Å². The Kier molecular flexibility index (Phi) is 3.42. The molecule has 4 rings (SSSR count). The minimum absolute atomic E-state index is 0.974. The number of nitrogens with zero attached hydrogens (tertiary/aromatic N) is 3. The maximum absolute atomic E-state index is 4.60. The summed E-state index contributed by atoms with van der Waals surface area (Å²) in [6, 6.07) is 14.7. The molecule has 24 heavy (non-hydrogen) atoms. The molecule has 0 radical (unpaired) electrons. The molecule has 2 aromatic carbocycles. The summed E-state index contributed by atoms with van der Waals surface area (Å²) in [5.41, 5.74) is 6.89. The number of hydrogen-bond acceptors (Lipinski definition) is 2. The summed E-state index contributed by atoms with van der Waals surface area (Å²) in [7, 11) is 0. The van der Waals surface area contributed by atoms with Crippen LogP contribution in [0.3, 0.4) is 0 Å². The van der Waals surface area contributed by atoms with Crippen molar-refractivity contribution in [3.63, 3.8) is 0 Å². The number of hydrogen-bond donors (Lipinski definition) is 0. The normalized spacial score (nSPS) is 11.1. The van der Waals surface area contributed by atoms with E-state index in [2.05, 4.69) is 67.4 Å². The Hall–Kier alpha value is -2.94. The van der Waals surface area contributed by atoms with Crippen LogP contribution in [0.1, 0.15) is 16.7 Å². The molecule has 0 aliphatic carbocycles. The first-order valence-corrected chi connectivity index (χ1v) is 8.10. The monoisotopic (exact) mass is 313 g/mol. The fourth-order valence-corrected chi connectivity index (χ4v) is 3.45. The Morgan fingerprint density at radius 2 is 1.67 bits per heavy atom. The average molecular weight is 313 g/mol. The molecule has 0 aliphatic rings. The van der Waals surface area contributed by atoms with E-state index in [4.69, 9.17) is 0 Å². The quantitative estimate of drug-likeness (QED) is 0.520. The van der Waals surface area contributed by atoms with Gasteiger partial charge < -0.3 is 0 Å². The average Bonchev–Trinajstić information content (AvgIpc) is 3.02. The van der Waals surface area contributed by atoms with Crippen LogP contribution in [0.5, 0.6) is 0 Å². The molecule has 2 heterocycles. The minimum atomic E-state index is 0.974. The van der Waals surface area contributed by atoms with Crippen LogP contribution in [0.2, 0.25) is 0 Å². The van der Waals surface area contributed by atoms with Crippen LogP contribution in [0, 0.1) is 20.8 Å². The van der Waals surface area contributed by atoms with E-state index >= 15 is 0 Å². The van der Waals surface area contributed by atoms with E-state index in [1.807, 2.05) is 29.2 Å². The van der Waals surface area contributed by atoms with E-state index in [0.717, 1.165) is 22.3 Å². The molecule has 0 unspecified atom stereocenters. The lowest BCUT2D eigenvalue weighted by molar-refractivity contribution is 0.864. The van der Waals surface area contributed by atoms with Crippen LogP contribution < -0.4 is 0 Å². The van der Waals surface area contributed by atoms with E-state index in [0.29, 0.717) is 0 Å². The van der Waals surface area contributed by atoms with Crippen LogP contribution in [0.25, 0.3) is 27.7 Å². The van der Waals surface area contributed by atoms with Crippen molar-refractivity contribution in [2.24, 2.45) is 0 Å². The van der Waals surface area contributed by atoms with Gasteiger partial charge in [0.1, 0.15) is 0 Å². The molecule has 0 spiro atoms. The summed E-state index contributed by atoms with van der Waals surface area (Å²) in [4.78, 5) is 4.59. The highest BCUT2D eigenvalue weighted by Crippen LogP contribution is 2.28. The Labute approximate surface area is 141 Å². The van der Waals surface area contributed by atoms with Crippen LogP contribution >= 0.6 is 0 Å². The van der Waals surface area contributed by atoms with Crippen molar-refractivity contribution >= 4 is 10.8 Å². The van der Waals surface area contributed by atoms with Gasteiger partial charge >= 0.3 is 0 Å². The highest BCUT2D eigenvalue weighted by Gasteiger charge is 2.11. The van der Waals surface area contributed by atoms with E-state index in [1.54, 1.807) is 0 Å². The van der Waals surface area contributed by atoms with Crippen molar-refractivity contribution in [2.75, 3.05) is 0 Å². The summed E-state index contributed by atoms with van der Waals surface area (Å²) in [6.45, 7) is 6.39. The number of benzene rings is 2. The number of rotatable bonds is 2. The molecule has 0 N–H and O–H groups in total. The maximum Gasteiger partial charge on any atom is 0.0811 e. The second-order valence-electron chi connectivity index (χ2n) is 6.30. The Balaban J connectivity index is 1.87. The SMILES string of the molecule is Cc1cc(C)c(-n2cc(-c3nccc4ccccc34)cn2)c(C)c1. The lowest BCUT2D eigenvalue weighted by Crippen LogP contribution is -2.01. The summed E-state index contributed by atoms with van der Waals surface area (Å²) < 4.78 is 1.96. The fourth-order valence-electron chi connectivity index (χ4n) is 3.45. The van der Waals surface area contributed by atoms with Crippen LogP contribution in [0.4, 0.5) is 0 Å². The Morgan fingerprint density at radius 1 is 0.917 bits per heavy atom. The van der Waals surface area contributed by atoms with Gasteiger partial charge in [0.05, 0.1) is 17.6 Å². The fraction of sp³-hybridized carbons (Fsp3) is 0.143. The zero-order valence-corrected chi connectivity index (χ0v) is 14.1. The third kappa shape index (κ3) is 2.38. The predicted octanol–water partition coefficient (Wildman–Crippen LogP) is 5.01. The topological polar surface area (TPSA) is 30.7 Å². The molecule has 0 bridgehead atoms. The van der Waals surface area contributed by atoms with Crippen LogP contribution in [0.15, 0.2) is 61.1 Å². The first-order chi connectivity index (χ1) is 11.6. The Morgan fingerprint density at radius 3 is 2.46 bits per heavy atom. The number of aromatic nitrogens is 3. The largest absolute Gasteiger partial charge is 0.255 e. The minimum Gasteiger partial charge on any atom is -0.255 e. The Bertz CT molecular complexity index is 1020. The molecule has 0 saturated carbocycles. The molecule has 3 nitrogen and oxygen atoms in total. The smallest absolute Gasteiger partial charge is 0.0811 e. The predicted molar refractivity (Wildman–Crippen MR) is 98.5 cm³/mol.